The average molecular weight is 213 g/mol. The van der Waals surface area contributed by atoms with Gasteiger partial charge >= 0.3 is 5.97 Å². The number of hydrogen-bond donors (Lipinski definition) is 3. The fourth-order valence-corrected chi connectivity index (χ4v) is 0.858. The molecule has 1 aromatic heterocycles. The zero-order chi connectivity index (χ0) is 11.5. The summed E-state index contributed by atoms with van der Waals surface area (Å²) in [4.78, 5) is 22.3. The highest BCUT2D eigenvalue weighted by atomic mass is 16.4. The summed E-state index contributed by atoms with van der Waals surface area (Å²) in [6, 6.07) is 0. The molecule has 1 heterocycles. The molecule has 1 aromatic rings. The molecule has 0 bridgehead atoms. The lowest BCUT2D eigenvalue weighted by Gasteiger charge is -2.23. The van der Waals surface area contributed by atoms with Gasteiger partial charge in [-0.15, -0.1) is 10.2 Å². The van der Waals surface area contributed by atoms with Crippen LogP contribution in [0.5, 0.6) is 0 Å². The zero-order valence-corrected chi connectivity index (χ0v) is 8.31. The van der Waals surface area contributed by atoms with Crippen molar-refractivity contribution in [1.29, 1.82) is 0 Å². The van der Waals surface area contributed by atoms with Gasteiger partial charge in [-0.25, -0.2) is 4.79 Å². The predicted octanol–water partition coefficient (Wildman–Crippen LogP) is -0.817. The quantitative estimate of drug-likeness (QED) is 0.601. The number of amides is 1. The molecule has 0 saturated heterocycles. The molecule has 0 saturated carbocycles. The minimum absolute atomic E-state index is 0.184. The van der Waals surface area contributed by atoms with Crippen LogP contribution in [0.2, 0.25) is 0 Å². The Kier molecular flexibility index (Phi) is 2.98. The summed E-state index contributed by atoms with van der Waals surface area (Å²) in [6.07, 6.45) is 0.256. The highest BCUT2D eigenvalue weighted by Crippen LogP contribution is 2.09. The van der Waals surface area contributed by atoms with Crippen molar-refractivity contribution in [3.8, 4) is 0 Å². The molecule has 0 aromatic carbocycles. The minimum atomic E-state index is -1.32. The van der Waals surface area contributed by atoms with Crippen LogP contribution in [0.25, 0.3) is 0 Å². The first-order valence-corrected chi connectivity index (χ1v) is 4.29. The third-order valence-corrected chi connectivity index (χ3v) is 2.12. The summed E-state index contributed by atoms with van der Waals surface area (Å²) in [5, 5.41) is 23.4. The van der Waals surface area contributed by atoms with Gasteiger partial charge in [-0.3, -0.25) is 4.79 Å². The Balaban J connectivity index is 2.77. The number of carbonyl (C=O) groups is 2. The standard InChI is InChI=1S/C7H11N5O3/c1-3-7(2,6(14)15)8-5(13)4-9-11-12-10-4/h3H2,1-2H3,(H,8,13)(H,14,15)(H,9,10,11,12). The van der Waals surface area contributed by atoms with Crippen LogP contribution in [0, 0.1) is 0 Å². The first kappa shape index (κ1) is 11.1. The Labute approximate surface area is 85.1 Å². The Hall–Kier alpha value is -1.99. The van der Waals surface area contributed by atoms with Crippen LogP contribution in [-0.2, 0) is 4.79 Å². The summed E-state index contributed by atoms with van der Waals surface area (Å²) in [5.41, 5.74) is -1.32. The maximum atomic E-state index is 11.4. The molecular weight excluding hydrogens is 202 g/mol. The van der Waals surface area contributed by atoms with Crippen LogP contribution in [0.3, 0.4) is 0 Å². The lowest BCUT2D eigenvalue weighted by Crippen LogP contribution is -2.51. The number of carboxylic acids is 1. The van der Waals surface area contributed by atoms with E-state index in [2.05, 4.69) is 25.9 Å². The minimum Gasteiger partial charge on any atom is -0.480 e. The molecule has 82 valence electrons. The van der Waals surface area contributed by atoms with Gasteiger partial charge in [0.2, 0.25) is 0 Å². The second kappa shape index (κ2) is 4.03. The maximum absolute atomic E-state index is 11.4. The molecule has 0 aliphatic rings. The fraction of sp³-hybridized carbons (Fsp3) is 0.571. The summed E-state index contributed by atoms with van der Waals surface area (Å²) < 4.78 is 0. The number of hydrogen-bond acceptors (Lipinski definition) is 5. The molecule has 0 fully saturated rings. The second-order valence-corrected chi connectivity index (χ2v) is 3.18. The van der Waals surface area contributed by atoms with Crippen molar-refractivity contribution in [2.24, 2.45) is 0 Å². The fourth-order valence-electron chi connectivity index (χ4n) is 0.858. The van der Waals surface area contributed by atoms with Gasteiger partial charge in [0.1, 0.15) is 5.54 Å². The second-order valence-electron chi connectivity index (χ2n) is 3.18. The summed E-state index contributed by atoms with van der Waals surface area (Å²) in [5.74, 6) is -1.96. The SMILES string of the molecule is CCC(C)(NC(=O)c1nn[nH]n1)C(=O)O. The van der Waals surface area contributed by atoms with E-state index in [-0.39, 0.29) is 12.2 Å². The van der Waals surface area contributed by atoms with E-state index in [9.17, 15) is 9.59 Å². The molecule has 0 radical (unpaired) electrons. The smallest absolute Gasteiger partial charge is 0.329 e. The zero-order valence-electron chi connectivity index (χ0n) is 8.31. The Bertz CT molecular complexity index is 363. The Morgan fingerprint density at radius 2 is 2.27 bits per heavy atom. The summed E-state index contributed by atoms with van der Waals surface area (Å²) in [7, 11) is 0. The third kappa shape index (κ3) is 2.27. The van der Waals surface area contributed by atoms with E-state index in [1.807, 2.05) is 0 Å². The number of rotatable bonds is 4. The molecule has 0 aliphatic heterocycles. The number of tetrazole rings is 1. The number of aromatic nitrogens is 4. The van der Waals surface area contributed by atoms with E-state index in [0.29, 0.717) is 0 Å². The number of aromatic amines is 1. The van der Waals surface area contributed by atoms with Gasteiger partial charge in [0.15, 0.2) is 0 Å². The van der Waals surface area contributed by atoms with Gasteiger partial charge in [0.25, 0.3) is 11.7 Å². The largest absolute Gasteiger partial charge is 0.480 e. The van der Waals surface area contributed by atoms with Crippen LogP contribution in [0.4, 0.5) is 0 Å². The first-order chi connectivity index (χ1) is 6.99. The van der Waals surface area contributed by atoms with Gasteiger partial charge in [-0.1, -0.05) is 6.92 Å². The van der Waals surface area contributed by atoms with Crippen LogP contribution >= 0.6 is 0 Å². The van der Waals surface area contributed by atoms with Gasteiger partial charge in [0.05, 0.1) is 0 Å². The molecule has 1 amide bonds. The first-order valence-electron chi connectivity index (χ1n) is 4.29. The van der Waals surface area contributed by atoms with E-state index in [0.717, 1.165) is 0 Å². The Morgan fingerprint density at radius 3 is 2.67 bits per heavy atom. The molecule has 15 heavy (non-hydrogen) atoms. The molecule has 1 rings (SSSR count). The molecule has 8 nitrogen and oxygen atoms in total. The van der Waals surface area contributed by atoms with Gasteiger partial charge in [-0.2, -0.15) is 5.21 Å². The number of aliphatic carboxylic acids is 1. The van der Waals surface area contributed by atoms with Crippen LogP contribution in [0.1, 0.15) is 30.9 Å². The number of H-pyrrole nitrogens is 1. The van der Waals surface area contributed by atoms with Gasteiger partial charge < -0.3 is 10.4 Å². The van der Waals surface area contributed by atoms with Crippen molar-refractivity contribution in [3.05, 3.63) is 5.82 Å². The van der Waals surface area contributed by atoms with E-state index in [4.69, 9.17) is 5.11 Å². The van der Waals surface area contributed by atoms with Crippen LogP contribution in [-0.4, -0.2) is 43.1 Å². The number of nitrogens with zero attached hydrogens (tertiary/aromatic N) is 3. The number of carbonyl (C=O) groups excluding carboxylic acids is 1. The van der Waals surface area contributed by atoms with E-state index < -0.39 is 17.4 Å². The highest BCUT2D eigenvalue weighted by molar-refractivity contribution is 5.94. The predicted molar refractivity (Wildman–Crippen MR) is 48.0 cm³/mol. The summed E-state index contributed by atoms with van der Waals surface area (Å²) >= 11 is 0. The van der Waals surface area contributed by atoms with Crippen molar-refractivity contribution >= 4 is 11.9 Å². The molecule has 8 heteroatoms. The third-order valence-electron chi connectivity index (χ3n) is 2.12. The van der Waals surface area contributed by atoms with E-state index in [1.54, 1.807) is 6.92 Å². The van der Waals surface area contributed by atoms with Crippen molar-refractivity contribution < 1.29 is 14.7 Å². The average Bonchev–Trinajstić information content (AvgIpc) is 2.70. The van der Waals surface area contributed by atoms with Gasteiger partial charge in [0, 0.05) is 0 Å². The maximum Gasteiger partial charge on any atom is 0.329 e. The summed E-state index contributed by atoms with van der Waals surface area (Å²) in [6.45, 7) is 3.07. The molecule has 1 unspecified atom stereocenters. The van der Waals surface area contributed by atoms with Crippen LogP contribution in [0.15, 0.2) is 0 Å². The number of carboxylic acid groups (broad SMARTS) is 1. The monoisotopic (exact) mass is 213 g/mol. The molecule has 3 N–H and O–H groups in total. The van der Waals surface area contributed by atoms with Crippen molar-refractivity contribution in [1.82, 2.24) is 25.9 Å². The van der Waals surface area contributed by atoms with Crippen molar-refractivity contribution in [2.45, 2.75) is 25.8 Å². The molecule has 1 atom stereocenters. The van der Waals surface area contributed by atoms with E-state index in [1.165, 1.54) is 6.92 Å². The normalized spacial score (nSPS) is 14.3. The number of nitrogens with one attached hydrogen (secondary N) is 2. The topological polar surface area (TPSA) is 121 Å². The molecular formula is C7H11N5O3. The lowest BCUT2D eigenvalue weighted by molar-refractivity contribution is -0.143. The Morgan fingerprint density at radius 1 is 1.60 bits per heavy atom. The lowest BCUT2D eigenvalue weighted by atomic mass is 9.99. The highest BCUT2D eigenvalue weighted by Gasteiger charge is 2.33. The van der Waals surface area contributed by atoms with Crippen molar-refractivity contribution in [3.63, 3.8) is 0 Å². The van der Waals surface area contributed by atoms with E-state index >= 15 is 0 Å². The van der Waals surface area contributed by atoms with Crippen LogP contribution < -0.4 is 5.32 Å². The van der Waals surface area contributed by atoms with Crippen molar-refractivity contribution in [2.75, 3.05) is 0 Å². The molecule has 0 spiro atoms. The van der Waals surface area contributed by atoms with Gasteiger partial charge in [-0.05, 0) is 18.6 Å². The molecule has 0 aliphatic carbocycles.